The highest BCUT2D eigenvalue weighted by molar-refractivity contribution is 7.13. The van der Waals surface area contributed by atoms with Crippen LogP contribution in [-0.4, -0.2) is 18.1 Å². The standard InChI is InChI=1S/C23H25NO3S/c1-13-14(2)16(4)21(17(5)15(13)3)23(25)27-11-19-12-28-22(24-19)18-7-9-20(26-6)10-8-18/h7-10,12H,11H2,1-6H3. The topological polar surface area (TPSA) is 48.4 Å². The van der Waals surface area contributed by atoms with E-state index in [0.717, 1.165) is 44.3 Å². The molecule has 4 nitrogen and oxygen atoms in total. The van der Waals surface area contributed by atoms with E-state index >= 15 is 0 Å². The van der Waals surface area contributed by atoms with E-state index in [0.29, 0.717) is 5.56 Å². The van der Waals surface area contributed by atoms with Crippen molar-refractivity contribution >= 4 is 17.3 Å². The van der Waals surface area contributed by atoms with E-state index in [2.05, 4.69) is 25.8 Å². The number of carbonyl (C=O) groups excluding carboxylic acids is 1. The van der Waals surface area contributed by atoms with Gasteiger partial charge in [-0.2, -0.15) is 0 Å². The second kappa shape index (κ2) is 8.15. The Labute approximate surface area is 170 Å². The molecule has 0 amide bonds. The lowest BCUT2D eigenvalue weighted by molar-refractivity contribution is 0.0466. The van der Waals surface area contributed by atoms with Crippen molar-refractivity contribution in [3.63, 3.8) is 0 Å². The van der Waals surface area contributed by atoms with E-state index in [1.165, 1.54) is 16.9 Å². The minimum Gasteiger partial charge on any atom is -0.497 e. The van der Waals surface area contributed by atoms with Crippen LogP contribution in [0, 0.1) is 34.6 Å². The molecule has 1 aromatic heterocycles. The lowest BCUT2D eigenvalue weighted by Gasteiger charge is -2.17. The van der Waals surface area contributed by atoms with Crippen LogP contribution in [0.3, 0.4) is 0 Å². The quantitative estimate of drug-likeness (QED) is 0.519. The summed E-state index contributed by atoms with van der Waals surface area (Å²) in [6.07, 6.45) is 0. The average molecular weight is 396 g/mol. The first-order chi connectivity index (χ1) is 13.3. The van der Waals surface area contributed by atoms with Crippen LogP contribution >= 0.6 is 11.3 Å². The summed E-state index contributed by atoms with van der Waals surface area (Å²) in [4.78, 5) is 17.4. The number of hydrogen-bond donors (Lipinski definition) is 0. The van der Waals surface area contributed by atoms with E-state index in [9.17, 15) is 4.79 Å². The fourth-order valence-corrected chi connectivity index (χ4v) is 4.07. The summed E-state index contributed by atoms with van der Waals surface area (Å²) >= 11 is 1.53. The molecule has 0 aliphatic heterocycles. The van der Waals surface area contributed by atoms with Crippen molar-refractivity contribution in [3.8, 4) is 16.3 Å². The summed E-state index contributed by atoms with van der Waals surface area (Å²) in [5, 5.41) is 2.82. The highest BCUT2D eigenvalue weighted by Crippen LogP contribution is 2.28. The van der Waals surface area contributed by atoms with E-state index in [-0.39, 0.29) is 12.6 Å². The Balaban J connectivity index is 1.75. The number of esters is 1. The zero-order valence-corrected chi connectivity index (χ0v) is 18.0. The Kier molecular flexibility index (Phi) is 5.84. The monoisotopic (exact) mass is 395 g/mol. The Bertz CT molecular complexity index is 990. The summed E-state index contributed by atoms with van der Waals surface area (Å²) in [6.45, 7) is 10.3. The third-order valence-electron chi connectivity index (χ3n) is 5.44. The molecule has 1 heterocycles. The number of ether oxygens (including phenoxy) is 2. The van der Waals surface area contributed by atoms with E-state index in [4.69, 9.17) is 9.47 Å². The van der Waals surface area contributed by atoms with Gasteiger partial charge < -0.3 is 9.47 Å². The lowest BCUT2D eigenvalue weighted by atomic mass is 9.90. The normalized spacial score (nSPS) is 10.8. The van der Waals surface area contributed by atoms with Gasteiger partial charge in [0.1, 0.15) is 17.4 Å². The zero-order chi connectivity index (χ0) is 20.4. The Hall–Kier alpha value is -2.66. The van der Waals surface area contributed by atoms with Crippen molar-refractivity contribution in [1.82, 2.24) is 4.98 Å². The van der Waals surface area contributed by atoms with Crippen LogP contribution in [0.15, 0.2) is 29.6 Å². The van der Waals surface area contributed by atoms with Crippen molar-refractivity contribution in [1.29, 1.82) is 0 Å². The number of methoxy groups -OCH3 is 1. The molecule has 0 atom stereocenters. The molecule has 28 heavy (non-hydrogen) atoms. The second-order valence-corrected chi connectivity index (χ2v) is 7.81. The summed E-state index contributed by atoms with van der Waals surface area (Å²) < 4.78 is 10.8. The molecule has 0 bridgehead atoms. The molecule has 3 rings (SSSR count). The molecule has 146 valence electrons. The molecule has 0 radical (unpaired) electrons. The highest BCUT2D eigenvalue weighted by Gasteiger charge is 2.19. The molecule has 0 fully saturated rings. The number of hydrogen-bond acceptors (Lipinski definition) is 5. The third kappa shape index (κ3) is 3.80. The second-order valence-electron chi connectivity index (χ2n) is 6.95. The summed E-state index contributed by atoms with van der Waals surface area (Å²) in [5.74, 6) is 0.518. The summed E-state index contributed by atoms with van der Waals surface area (Å²) in [7, 11) is 1.64. The Morgan fingerprint density at radius 3 is 2.07 bits per heavy atom. The first-order valence-electron chi connectivity index (χ1n) is 9.16. The first-order valence-corrected chi connectivity index (χ1v) is 10.0. The van der Waals surface area contributed by atoms with Crippen molar-refractivity contribution in [2.75, 3.05) is 7.11 Å². The fraction of sp³-hybridized carbons (Fsp3) is 0.304. The van der Waals surface area contributed by atoms with Gasteiger partial charge in [-0.25, -0.2) is 9.78 Å². The maximum absolute atomic E-state index is 12.8. The van der Waals surface area contributed by atoms with Gasteiger partial charge in [0, 0.05) is 10.9 Å². The molecule has 0 saturated carbocycles. The number of aromatic nitrogens is 1. The molecule has 0 unspecified atom stereocenters. The molecular formula is C23H25NO3S. The maximum atomic E-state index is 12.8. The smallest absolute Gasteiger partial charge is 0.339 e. The lowest BCUT2D eigenvalue weighted by Crippen LogP contribution is -2.12. The van der Waals surface area contributed by atoms with Crippen LogP contribution in [0.5, 0.6) is 5.75 Å². The van der Waals surface area contributed by atoms with Gasteiger partial charge in [-0.1, -0.05) is 0 Å². The van der Waals surface area contributed by atoms with Gasteiger partial charge in [-0.3, -0.25) is 0 Å². The maximum Gasteiger partial charge on any atom is 0.339 e. The van der Waals surface area contributed by atoms with E-state index in [1.807, 2.05) is 43.5 Å². The van der Waals surface area contributed by atoms with Gasteiger partial charge in [0.2, 0.25) is 0 Å². The SMILES string of the molecule is COc1ccc(-c2nc(COC(=O)c3c(C)c(C)c(C)c(C)c3C)cs2)cc1. The van der Waals surface area contributed by atoms with Crippen LogP contribution in [0.4, 0.5) is 0 Å². The minimum absolute atomic E-state index is 0.163. The van der Waals surface area contributed by atoms with Crippen LogP contribution in [0.1, 0.15) is 43.9 Å². The number of benzene rings is 2. The molecule has 3 aromatic rings. The molecular weight excluding hydrogens is 370 g/mol. The molecule has 0 aliphatic carbocycles. The number of rotatable bonds is 5. The van der Waals surface area contributed by atoms with Gasteiger partial charge >= 0.3 is 5.97 Å². The Morgan fingerprint density at radius 2 is 1.50 bits per heavy atom. The fourth-order valence-electron chi connectivity index (χ4n) is 3.26. The van der Waals surface area contributed by atoms with Crippen LogP contribution < -0.4 is 4.74 Å². The predicted molar refractivity (Wildman–Crippen MR) is 113 cm³/mol. The highest BCUT2D eigenvalue weighted by atomic mass is 32.1. The Morgan fingerprint density at radius 1 is 0.929 bits per heavy atom. The van der Waals surface area contributed by atoms with Crippen molar-refractivity contribution in [3.05, 3.63) is 68.7 Å². The molecule has 5 heteroatoms. The van der Waals surface area contributed by atoms with Crippen LogP contribution in [-0.2, 0) is 11.3 Å². The molecule has 0 saturated heterocycles. The molecule has 0 aliphatic rings. The number of nitrogens with zero attached hydrogens (tertiary/aromatic N) is 1. The zero-order valence-electron chi connectivity index (χ0n) is 17.2. The molecule has 2 aromatic carbocycles. The van der Waals surface area contributed by atoms with E-state index in [1.54, 1.807) is 7.11 Å². The summed E-state index contributed by atoms with van der Waals surface area (Å²) in [6, 6.07) is 7.75. The molecule has 0 N–H and O–H groups in total. The largest absolute Gasteiger partial charge is 0.497 e. The average Bonchev–Trinajstić information content (AvgIpc) is 3.18. The number of thiazole rings is 1. The van der Waals surface area contributed by atoms with Crippen molar-refractivity contribution < 1.29 is 14.3 Å². The van der Waals surface area contributed by atoms with Crippen LogP contribution in [0.25, 0.3) is 10.6 Å². The van der Waals surface area contributed by atoms with Crippen molar-refractivity contribution in [2.45, 2.75) is 41.2 Å². The number of carbonyl (C=O) groups is 1. The van der Waals surface area contributed by atoms with E-state index < -0.39 is 0 Å². The van der Waals surface area contributed by atoms with Gasteiger partial charge in [-0.15, -0.1) is 11.3 Å². The van der Waals surface area contributed by atoms with Gasteiger partial charge in [0.15, 0.2) is 0 Å². The predicted octanol–water partition coefficient (Wildman–Crippen LogP) is 5.72. The van der Waals surface area contributed by atoms with Gasteiger partial charge in [-0.05, 0) is 86.7 Å². The first kappa shape index (κ1) is 20.1. The minimum atomic E-state index is -0.291. The summed E-state index contributed by atoms with van der Waals surface area (Å²) in [5.41, 5.74) is 7.93. The molecule has 0 spiro atoms. The third-order valence-corrected chi connectivity index (χ3v) is 6.38. The van der Waals surface area contributed by atoms with Gasteiger partial charge in [0.05, 0.1) is 18.4 Å². The van der Waals surface area contributed by atoms with Crippen molar-refractivity contribution in [2.24, 2.45) is 0 Å². The van der Waals surface area contributed by atoms with Gasteiger partial charge in [0.25, 0.3) is 0 Å². The van der Waals surface area contributed by atoms with Crippen LogP contribution in [0.2, 0.25) is 0 Å².